The first-order chi connectivity index (χ1) is 9.10. The summed E-state index contributed by atoms with van der Waals surface area (Å²) in [4.78, 5) is 4.17. The molecule has 1 aromatic heterocycles. The van der Waals surface area contributed by atoms with Crippen LogP contribution in [0.2, 0.25) is 0 Å². The van der Waals surface area contributed by atoms with E-state index in [0.29, 0.717) is 5.88 Å². The number of hydrogen-bond acceptors (Lipinski definition) is 3. The van der Waals surface area contributed by atoms with Gasteiger partial charge in [-0.2, -0.15) is 0 Å². The van der Waals surface area contributed by atoms with Crippen LogP contribution in [0.3, 0.4) is 0 Å². The van der Waals surface area contributed by atoms with Gasteiger partial charge >= 0.3 is 0 Å². The van der Waals surface area contributed by atoms with Crippen molar-refractivity contribution in [1.29, 1.82) is 0 Å². The molecule has 0 aliphatic carbocycles. The number of benzene rings is 1. The minimum atomic E-state index is -0.419. The Balaban J connectivity index is 2.17. The second kappa shape index (κ2) is 6.12. The molecule has 100 valence electrons. The van der Waals surface area contributed by atoms with Gasteiger partial charge in [0.1, 0.15) is 0 Å². The van der Waals surface area contributed by atoms with E-state index < -0.39 is 5.82 Å². The molecule has 2 aromatic rings. The largest absolute Gasteiger partial charge is 0.436 e. The standard InChI is InChI=1S/C14H14BrFN2O/c1-9(17-2)10-3-6-14(18-8-10)19-13-7-11(15)4-5-12(13)16/h3-9,17H,1-2H3. The van der Waals surface area contributed by atoms with Crippen molar-refractivity contribution in [2.24, 2.45) is 0 Å². The average molecular weight is 325 g/mol. The van der Waals surface area contributed by atoms with Gasteiger partial charge in [0.05, 0.1) is 0 Å². The van der Waals surface area contributed by atoms with E-state index >= 15 is 0 Å². The molecule has 0 amide bonds. The van der Waals surface area contributed by atoms with Gasteiger partial charge in [-0.3, -0.25) is 0 Å². The Morgan fingerprint density at radius 3 is 2.74 bits per heavy atom. The van der Waals surface area contributed by atoms with Crippen LogP contribution in [0.25, 0.3) is 0 Å². The van der Waals surface area contributed by atoms with Crippen molar-refractivity contribution in [3.8, 4) is 11.6 Å². The van der Waals surface area contributed by atoms with Crippen LogP contribution >= 0.6 is 15.9 Å². The lowest BCUT2D eigenvalue weighted by atomic mass is 10.1. The minimum Gasteiger partial charge on any atom is -0.436 e. The molecule has 1 N–H and O–H groups in total. The summed E-state index contributed by atoms with van der Waals surface area (Å²) in [5, 5.41) is 3.12. The van der Waals surface area contributed by atoms with Crippen LogP contribution in [-0.2, 0) is 0 Å². The monoisotopic (exact) mass is 324 g/mol. The van der Waals surface area contributed by atoms with Crippen LogP contribution in [0.1, 0.15) is 18.5 Å². The van der Waals surface area contributed by atoms with Crippen LogP contribution in [0.15, 0.2) is 41.0 Å². The van der Waals surface area contributed by atoms with Crippen molar-refractivity contribution in [3.63, 3.8) is 0 Å². The van der Waals surface area contributed by atoms with Gasteiger partial charge in [0.25, 0.3) is 0 Å². The Kier molecular flexibility index (Phi) is 4.50. The Labute approximate surface area is 119 Å². The first-order valence-electron chi connectivity index (χ1n) is 5.86. The SMILES string of the molecule is CNC(C)c1ccc(Oc2cc(Br)ccc2F)nc1. The summed E-state index contributed by atoms with van der Waals surface area (Å²) in [6, 6.07) is 8.37. The molecule has 1 unspecified atom stereocenters. The highest BCUT2D eigenvalue weighted by Crippen LogP contribution is 2.26. The summed E-state index contributed by atoms with van der Waals surface area (Å²) in [6.07, 6.45) is 1.71. The van der Waals surface area contributed by atoms with E-state index in [2.05, 4.69) is 26.2 Å². The number of halogens is 2. The van der Waals surface area contributed by atoms with E-state index in [1.165, 1.54) is 6.07 Å². The summed E-state index contributed by atoms with van der Waals surface area (Å²) in [5.41, 5.74) is 1.05. The molecule has 0 saturated carbocycles. The lowest BCUT2D eigenvalue weighted by Crippen LogP contribution is -2.12. The van der Waals surface area contributed by atoms with Crippen LogP contribution < -0.4 is 10.1 Å². The molecule has 0 fully saturated rings. The molecule has 2 rings (SSSR count). The highest BCUT2D eigenvalue weighted by Gasteiger charge is 2.07. The van der Waals surface area contributed by atoms with E-state index in [9.17, 15) is 4.39 Å². The minimum absolute atomic E-state index is 0.149. The lowest BCUT2D eigenvalue weighted by Gasteiger charge is -2.11. The third-order valence-electron chi connectivity index (χ3n) is 2.80. The molecule has 0 aliphatic heterocycles. The van der Waals surface area contributed by atoms with Crippen molar-refractivity contribution in [3.05, 3.63) is 52.4 Å². The zero-order chi connectivity index (χ0) is 13.8. The number of hydrogen-bond donors (Lipinski definition) is 1. The summed E-state index contributed by atoms with van der Waals surface area (Å²) < 4.78 is 19.7. The van der Waals surface area contributed by atoms with Gasteiger partial charge in [-0.25, -0.2) is 9.37 Å². The van der Waals surface area contributed by atoms with E-state index in [1.807, 2.05) is 20.0 Å². The third kappa shape index (κ3) is 3.52. The summed E-state index contributed by atoms with van der Waals surface area (Å²) >= 11 is 3.27. The zero-order valence-corrected chi connectivity index (χ0v) is 12.2. The highest BCUT2D eigenvalue weighted by molar-refractivity contribution is 9.10. The number of aromatic nitrogens is 1. The van der Waals surface area contributed by atoms with Crippen LogP contribution in [-0.4, -0.2) is 12.0 Å². The van der Waals surface area contributed by atoms with Gasteiger partial charge in [-0.05, 0) is 37.7 Å². The molecule has 1 aromatic carbocycles. The first kappa shape index (κ1) is 14.0. The zero-order valence-electron chi connectivity index (χ0n) is 10.7. The maximum Gasteiger partial charge on any atom is 0.219 e. The fraction of sp³-hybridized carbons (Fsp3) is 0.214. The number of nitrogens with zero attached hydrogens (tertiary/aromatic N) is 1. The topological polar surface area (TPSA) is 34.1 Å². The molecule has 0 radical (unpaired) electrons. The number of ether oxygens (including phenoxy) is 1. The van der Waals surface area contributed by atoms with Gasteiger partial charge in [-0.1, -0.05) is 22.0 Å². The van der Waals surface area contributed by atoms with Gasteiger partial charge in [0, 0.05) is 22.8 Å². The Hall–Kier alpha value is -1.46. The second-order valence-electron chi connectivity index (χ2n) is 4.12. The quantitative estimate of drug-likeness (QED) is 0.921. The predicted octanol–water partition coefficient (Wildman–Crippen LogP) is 4.06. The van der Waals surface area contributed by atoms with Crippen molar-refractivity contribution in [2.45, 2.75) is 13.0 Å². The molecular weight excluding hydrogens is 311 g/mol. The maximum absolute atomic E-state index is 13.5. The molecular formula is C14H14BrFN2O. The van der Waals surface area contributed by atoms with E-state index in [0.717, 1.165) is 10.0 Å². The average Bonchev–Trinajstić information content (AvgIpc) is 2.43. The van der Waals surface area contributed by atoms with Crippen molar-refractivity contribution in [1.82, 2.24) is 10.3 Å². The summed E-state index contributed by atoms with van der Waals surface area (Å²) in [5.74, 6) is 0.0954. The van der Waals surface area contributed by atoms with Gasteiger partial charge in [0.2, 0.25) is 5.88 Å². The van der Waals surface area contributed by atoms with E-state index in [4.69, 9.17) is 4.74 Å². The van der Waals surface area contributed by atoms with Gasteiger partial charge in [-0.15, -0.1) is 0 Å². The first-order valence-corrected chi connectivity index (χ1v) is 6.65. The second-order valence-corrected chi connectivity index (χ2v) is 5.03. The highest BCUT2D eigenvalue weighted by atomic mass is 79.9. The van der Waals surface area contributed by atoms with E-state index in [1.54, 1.807) is 24.4 Å². The molecule has 5 heteroatoms. The normalized spacial score (nSPS) is 12.2. The van der Waals surface area contributed by atoms with Gasteiger partial charge in [0.15, 0.2) is 11.6 Å². The van der Waals surface area contributed by atoms with Gasteiger partial charge < -0.3 is 10.1 Å². The number of nitrogens with one attached hydrogen (secondary N) is 1. The maximum atomic E-state index is 13.5. The smallest absolute Gasteiger partial charge is 0.219 e. The Bertz CT molecular complexity index is 560. The molecule has 0 spiro atoms. The molecule has 0 aliphatic rings. The third-order valence-corrected chi connectivity index (χ3v) is 3.29. The summed E-state index contributed by atoms with van der Waals surface area (Å²) in [7, 11) is 1.88. The van der Waals surface area contributed by atoms with Crippen molar-refractivity contribution in [2.75, 3.05) is 7.05 Å². The Morgan fingerprint density at radius 1 is 1.32 bits per heavy atom. The molecule has 0 saturated heterocycles. The van der Waals surface area contributed by atoms with Crippen LogP contribution in [0, 0.1) is 5.82 Å². The fourth-order valence-corrected chi connectivity index (χ4v) is 1.88. The van der Waals surface area contributed by atoms with Crippen molar-refractivity contribution < 1.29 is 9.13 Å². The fourth-order valence-electron chi connectivity index (χ4n) is 1.54. The van der Waals surface area contributed by atoms with Crippen LogP contribution in [0.5, 0.6) is 11.6 Å². The van der Waals surface area contributed by atoms with Crippen LogP contribution in [0.4, 0.5) is 4.39 Å². The number of pyridine rings is 1. The Morgan fingerprint density at radius 2 is 2.11 bits per heavy atom. The molecule has 1 heterocycles. The lowest BCUT2D eigenvalue weighted by molar-refractivity contribution is 0.426. The van der Waals surface area contributed by atoms with Crippen molar-refractivity contribution >= 4 is 15.9 Å². The molecule has 3 nitrogen and oxygen atoms in total. The van der Waals surface area contributed by atoms with E-state index in [-0.39, 0.29) is 11.8 Å². The predicted molar refractivity (Wildman–Crippen MR) is 75.9 cm³/mol. The molecule has 19 heavy (non-hydrogen) atoms. The molecule has 0 bridgehead atoms. The molecule has 1 atom stereocenters. The summed E-state index contributed by atoms with van der Waals surface area (Å²) in [6.45, 7) is 2.03. The number of rotatable bonds is 4.